The first-order chi connectivity index (χ1) is 16.9. The van der Waals surface area contributed by atoms with Gasteiger partial charge in [0.1, 0.15) is 12.3 Å². The van der Waals surface area contributed by atoms with E-state index in [1.165, 1.54) is 0 Å². The average Bonchev–Trinajstić information content (AvgIpc) is 3.33. The lowest BCUT2D eigenvalue weighted by Gasteiger charge is -2.36. The van der Waals surface area contributed by atoms with Crippen LogP contribution in [-0.4, -0.2) is 42.7 Å². The SMILES string of the molecule is CCOC(=O)c1[nH]c2c(-c3c(CC)[nH][n+](C)c3CO)c(C)ccc2c1CCCO[Si](C)(C)C(C)(C)C. The Balaban J connectivity index is 2.10. The molecule has 0 fully saturated rings. The summed E-state index contributed by atoms with van der Waals surface area (Å²) in [7, 11) is 0.0760. The molecule has 3 rings (SSSR count). The Labute approximate surface area is 216 Å². The van der Waals surface area contributed by atoms with Crippen LogP contribution in [0.1, 0.15) is 74.0 Å². The number of aryl methyl sites for hydroxylation is 4. The van der Waals surface area contributed by atoms with E-state index in [-0.39, 0.29) is 17.6 Å². The van der Waals surface area contributed by atoms with E-state index >= 15 is 0 Å². The summed E-state index contributed by atoms with van der Waals surface area (Å²) in [5.74, 6) is -0.338. The number of H-pyrrole nitrogens is 2. The smallest absolute Gasteiger partial charge is 0.355 e. The number of nitrogens with one attached hydrogen (secondary N) is 2. The van der Waals surface area contributed by atoms with Crippen molar-refractivity contribution in [2.75, 3.05) is 13.2 Å². The van der Waals surface area contributed by atoms with Crippen molar-refractivity contribution in [1.82, 2.24) is 10.1 Å². The summed E-state index contributed by atoms with van der Waals surface area (Å²) in [6.07, 6.45) is 2.32. The molecule has 198 valence electrons. The van der Waals surface area contributed by atoms with Crippen molar-refractivity contribution in [2.24, 2.45) is 7.05 Å². The predicted molar refractivity (Wildman–Crippen MR) is 147 cm³/mol. The van der Waals surface area contributed by atoms with Crippen molar-refractivity contribution in [1.29, 1.82) is 0 Å². The molecule has 0 amide bonds. The van der Waals surface area contributed by atoms with E-state index in [1.807, 2.05) is 18.7 Å². The molecule has 0 saturated heterocycles. The zero-order valence-electron chi connectivity index (χ0n) is 23.5. The molecule has 3 N–H and O–H groups in total. The summed E-state index contributed by atoms with van der Waals surface area (Å²) in [6, 6.07) is 4.19. The van der Waals surface area contributed by atoms with Gasteiger partial charge in [0, 0.05) is 17.6 Å². The Morgan fingerprint density at radius 2 is 1.86 bits per heavy atom. The normalized spacial score (nSPS) is 12.5. The molecule has 0 saturated carbocycles. The van der Waals surface area contributed by atoms with Crippen LogP contribution in [0.5, 0.6) is 0 Å². The number of hydrogen-bond donors (Lipinski definition) is 3. The first-order valence-corrected chi connectivity index (χ1v) is 15.9. The molecular weight excluding hydrogens is 470 g/mol. The number of nitrogens with zero attached hydrogens (tertiary/aromatic N) is 1. The van der Waals surface area contributed by atoms with E-state index < -0.39 is 8.32 Å². The number of aliphatic hydroxyl groups is 1. The van der Waals surface area contributed by atoms with Crippen LogP contribution >= 0.6 is 0 Å². The highest BCUT2D eigenvalue weighted by atomic mass is 28.4. The van der Waals surface area contributed by atoms with Gasteiger partial charge in [-0.25, -0.2) is 4.79 Å². The number of ether oxygens (including phenoxy) is 1. The maximum absolute atomic E-state index is 13.0. The number of aromatic amines is 2. The number of fused-ring (bicyclic) bond motifs is 1. The van der Waals surface area contributed by atoms with Crippen molar-refractivity contribution >= 4 is 25.2 Å². The second-order valence-corrected chi connectivity index (χ2v) is 15.9. The maximum Gasteiger partial charge on any atom is 0.355 e. The van der Waals surface area contributed by atoms with Gasteiger partial charge < -0.3 is 19.3 Å². The van der Waals surface area contributed by atoms with E-state index in [9.17, 15) is 9.90 Å². The van der Waals surface area contributed by atoms with Gasteiger partial charge >= 0.3 is 5.97 Å². The van der Waals surface area contributed by atoms with Crippen molar-refractivity contribution in [3.8, 4) is 11.1 Å². The number of aliphatic hydroxyl groups excluding tert-OH is 1. The van der Waals surface area contributed by atoms with E-state index in [0.717, 1.165) is 57.4 Å². The molecule has 0 aliphatic carbocycles. The lowest BCUT2D eigenvalue weighted by atomic mass is 9.93. The molecule has 0 radical (unpaired) electrons. The number of carbonyl (C=O) groups excluding carboxylic acids is 1. The van der Waals surface area contributed by atoms with Gasteiger partial charge in [0.05, 0.1) is 23.4 Å². The van der Waals surface area contributed by atoms with Crippen LogP contribution in [0.4, 0.5) is 0 Å². The third kappa shape index (κ3) is 5.31. The fourth-order valence-corrected chi connectivity index (χ4v) is 5.67. The van der Waals surface area contributed by atoms with Crippen LogP contribution in [0.3, 0.4) is 0 Å². The number of esters is 1. The fourth-order valence-electron chi connectivity index (χ4n) is 4.58. The van der Waals surface area contributed by atoms with Crippen molar-refractivity contribution in [3.05, 3.63) is 40.3 Å². The first-order valence-electron chi connectivity index (χ1n) is 13.0. The molecule has 0 spiro atoms. The van der Waals surface area contributed by atoms with Crippen LogP contribution in [0.2, 0.25) is 18.1 Å². The Hall–Kier alpha value is -2.42. The average molecular weight is 515 g/mol. The van der Waals surface area contributed by atoms with Gasteiger partial charge in [-0.3, -0.25) is 0 Å². The number of hydrogen-bond acceptors (Lipinski definition) is 4. The summed E-state index contributed by atoms with van der Waals surface area (Å²) in [5.41, 5.74) is 7.34. The first kappa shape index (κ1) is 28.2. The van der Waals surface area contributed by atoms with Crippen molar-refractivity contribution in [3.63, 3.8) is 0 Å². The van der Waals surface area contributed by atoms with Crippen molar-refractivity contribution in [2.45, 2.75) is 85.5 Å². The van der Waals surface area contributed by atoms with E-state index in [4.69, 9.17) is 9.16 Å². The summed E-state index contributed by atoms with van der Waals surface area (Å²) >= 11 is 0. The van der Waals surface area contributed by atoms with Crippen LogP contribution < -0.4 is 4.68 Å². The third-order valence-electron chi connectivity index (χ3n) is 7.66. The Morgan fingerprint density at radius 3 is 2.44 bits per heavy atom. The number of rotatable bonds is 10. The largest absolute Gasteiger partial charge is 0.461 e. The van der Waals surface area contributed by atoms with Gasteiger partial charge in [0.2, 0.25) is 5.69 Å². The van der Waals surface area contributed by atoms with Gasteiger partial charge in [-0.05, 0) is 62.4 Å². The molecule has 2 heterocycles. The molecular formula is C28H44N3O4Si+. The zero-order chi connectivity index (χ0) is 26.8. The van der Waals surface area contributed by atoms with E-state index in [0.29, 0.717) is 25.3 Å². The van der Waals surface area contributed by atoms with Crippen LogP contribution in [0.25, 0.3) is 22.0 Å². The molecule has 3 aromatic rings. The second kappa shape index (κ2) is 10.9. The van der Waals surface area contributed by atoms with Gasteiger partial charge in [-0.2, -0.15) is 5.10 Å². The number of benzene rings is 1. The summed E-state index contributed by atoms with van der Waals surface area (Å²) in [6.45, 7) is 18.1. The zero-order valence-corrected chi connectivity index (χ0v) is 24.5. The van der Waals surface area contributed by atoms with Crippen LogP contribution in [0.15, 0.2) is 12.1 Å². The second-order valence-electron chi connectivity index (χ2n) is 11.1. The lowest BCUT2D eigenvalue weighted by Crippen LogP contribution is -2.41. The Bertz CT molecular complexity index is 1230. The minimum atomic E-state index is -1.84. The molecule has 7 nitrogen and oxygen atoms in total. The number of aromatic nitrogens is 3. The molecule has 1 aromatic carbocycles. The molecule has 8 heteroatoms. The maximum atomic E-state index is 13.0. The molecule has 0 unspecified atom stereocenters. The van der Waals surface area contributed by atoms with E-state index in [1.54, 1.807) is 0 Å². The minimum Gasteiger partial charge on any atom is -0.461 e. The van der Waals surface area contributed by atoms with Gasteiger partial charge in [0.25, 0.3) is 0 Å². The summed E-state index contributed by atoms with van der Waals surface area (Å²) in [4.78, 5) is 16.5. The van der Waals surface area contributed by atoms with Gasteiger partial charge in [-0.1, -0.05) is 39.8 Å². The molecule has 0 aliphatic rings. The van der Waals surface area contributed by atoms with Gasteiger partial charge in [-0.15, -0.1) is 4.68 Å². The molecule has 0 bridgehead atoms. The molecule has 0 aliphatic heterocycles. The Morgan fingerprint density at radius 1 is 1.17 bits per heavy atom. The fraction of sp³-hybridized carbons (Fsp3) is 0.571. The number of carbonyl (C=O) groups is 1. The predicted octanol–water partition coefficient (Wildman–Crippen LogP) is 5.48. The molecule has 2 aromatic heterocycles. The topological polar surface area (TPSA) is 91.2 Å². The van der Waals surface area contributed by atoms with Crippen LogP contribution in [-0.2, 0) is 35.7 Å². The standard InChI is InChI=1S/C28H43N3O4Si/c1-10-21-24(22(17-32)31(7)30-21)23-18(3)14-15-20-19(26(29-25(20)23)27(33)34-11-2)13-12-16-35-36(8,9)28(4,5)6/h14-15,32H,10-13,16-17H2,1-9H3,(H,29,33)/p+1. The van der Waals surface area contributed by atoms with Gasteiger partial charge in [0.15, 0.2) is 15.4 Å². The highest BCUT2D eigenvalue weighted by Crippen LogP contribution is 2.39. The van der Waals surface area contributed by atoms with Crippen LogP contribution in [0, 0.1) is 6.92 Å². The molecule has 0 atom stereocenters. The molecule has 36 heavy (non-hydrogen) atoms. The Kier molecular flexibility index (Phi) is 8.53. The summed E-state index contributed by atoms with van der Waals surface area (Å²) < 4.78 is 13.7. The minimum absolute atomic E-state index is 0.0821. The van der Waals surface area contributed by atoms with Crippen molar-refractivity contribution < 1.29 is 23.7 Å². The highest BCUT2D eigenvalue weighted by Gasteiger charge is 2.37. The quantitative estimate of drug-likeness (QED) is 0.145. The monoisotopic (exact) mass is 514 g/mol. The highest BCUT2D eigenvalue weighted by molar-refractivity contribution is 6.74. The third-order valence-corrected chi connectivity index (χ3v) is 12.2. The lowest BCUT2D eigenvalue weighted by molar-refractivity contribution is -0.735. The summed E-state index contributed by atoms with van der Waals surface area (Å²) in [5, 5.41) is 14.7. The van der Waals surface area contributed by atoms with E-state index in [2.05, 4.69) is 69.9 Å².